The molecule has 242 valence electrons. The van der Waals surface area contributed by atoms with Crippen LogP contribution in [0, 0.1) is 6.92 Å². The quantitative estimate of drug-likeness (QED) is 0.149. The second-order valence-corrected chi connectivity index (χ2v) is 13.3. The van der Waals surface area contributed by atoms with Gasteiger partial charge in [-0.05, 0) is 66.4 Å². The number of carbonyl (C=O) groups is 2. The monoisotopic (exact) mass is 661 g/mol. The molecule has 0 heterocycles. The van der Waals surface area contributed by atoms with Crippen molar-refractivity contribution in [1.29, 1.82) is 0 Å². The molecule has 0 bridgehead atoms. The van der Waals surface area contributed by atoms with E-state index in [1.807, 2.05) is 50.2 Å². The minimum Gasteiger partial charge on any atom is -0.495 e. The van der Waals surface area contributed by atoms with Crippen LogP contribution < -0.4 is 14.4 Å². The number of carbonyl (C=O) groups excluding carboxylic acids is 2. The van der Waals surface area contributed by atoms with Crippen LogP contribution in [-0.4, -0.2) is 51.4 Å². The number of anilines is 1. The molecular weight excluding hydrogens is 622 g/mol. The number of hydrogen-bond acceptors (Lipinski definition) is 5. The molecule has 0 aromatic heterocycles. The Bertz CT molecular complexity index is 1720. The number of halogens is 1. The van der Waals surface area contributed by atoms with Crippen molar-refractivity contribution in [3.63, 3.8) is 0 Å². The molecule has 1 atom stereocenters. The van der Waals surface area contributed by atoms with Gasteiger partial charge in [-0.15, -0.1) is 0 Å². The number of ether oxygens (including phenoxy) is 1. The Balaban J connectivity index is 1.83. The highest BCUT2D eigenvalue weighted by Gasteiger charge is 2.35. The highest BCUT2D eigenvalue weighted by molar-refractivity contribution is 7.92. The summed E-state index contributed by atoms with van der Waals surface area (Å²) in [5.74, 6) is -0.592. The van der Waals surface area contributed by atoms with Crippen LogP contribution in [0.3, 0.4) is 0 Å². The molecule has 0 saturated carbocycles. The molecule has 0 saturated heterocycles. The van der Waals surface area contributed by atoms with E-state index in [4.69, 9.17) is 16.3 Å². The first-order valence-electron chi connectivity index (χ1n) is 15.2. The highest BCUT2D eigenvalue weighted by atomic mass is 35.5. The lowest BCUT2D eigenvalue weighted by Crippen LogP contribution is -2.53. The van der Waals surface area contributed by atoms with Gasteiger partial charge in [0.05, 0.1) is 17.7 Å². The summed E-state index contributed by atoms with van der Waals surface area (Å²) in [7, 11) is -2.80. The molecule has 0 radical (unpaired) electrons. The van der Waals surface area contributed by atoms with Crippen molar-refractivity contribution in [1.82, 2.24) is 10.2 Å². The standard InChI is InChI=1S/C36H40ClN3O5S/c1-4-5-21-38-36(42)33(24-28-13-8-6-9-14-28)39(25-29-15-12-16-30(37)23-29)35(41)26-40(32-22-27(2)19-20-34(32)45-3)46(43,44)31-17-10-7-11-18-31/h6-20,22-23,33H,4-5,21,24-26H2,1-3H3,(H,38,42)/t33-/m1/s1. The van der Waals surface area contributed by atoms with Crippen LogP contribution in [0.5, 0.6) is 5.75 Å². The largest absolute Gasteiger partial charge is 0.495 e. The average Bonchev–Trinajstić information content (AvgIpc) is 3.06. The maximum atomic E-state index is 14.6. The molecule has 0 aliphatic carbocycles. The first-order valence-corrected chi connectivity index (χ1v) is 17.0. The van der Waals surface area contributed by atoms with Gasteiger partial charge in [0.15, 0.2) is 0 Å². The van der Waals surface area contributed by atoms with Gasteiger partial charge in [0.1, 0.15) is 18.3 Å². The molecule has 0 fully saturated rings. The van der Waals surface area contributed by atoms with E-state index in [-0.39, 0.29) is 35.2 Å². The van der Waals surface area contributed by atoms with Gasteiger partial charge in [0, 0.05) is 24.5 Å². The number of rotatable bonds is 15. The molecule has 4 aromatic carbocycles. The summed E-state index contributed by atoms with van der Waals surface area (Å²) < 4.78 is 35.1. The van der Waals surface area contributed by atoms with E-state index in [9.17, 15) is 18.0 Å². The van der Waals surface area contributed by atoms with Gasteiger partial charge in [-0.2, -0.15) is 0 Å². The maximum absolute atomic E-state index is 14.6. The van der Waals surface area contributed by atoms with Gasteiger partial charge in [0.25, 0.3) is 10.0 Å². The van der Waals surface area contributed by atoms with Crippen LogP contribution >= 0.6 is 11.6 Å². The smallest absolute Gasteiger partial charge is 0.264 e. The van der Waals surface area contributed by atoms with Gasteiger partial charge >= 0.3 is 0 Å². The van der Waals surface area contributed by atoms with Crippen LogP contribution in [0.15, 0.2) is 108 Å². The molecule has 4 rings (SSSR count). The Morgan fingerprint density at radius 1 is 0.891 bits per heavy atom. The lowest BCUT2D eigenvalue weighted by atomic mass is 10.0. The number of unbranched alkanes of at least 4 members (excludes halogenated alkanes) is 1. The fourth-order valence-electron chi connectivity index (χ4n) is 5.12. The molecular formula is C36H40ClN3O5S. The Hall–Kier alpha value is -4.34. The molecule has 0 unspecified atom stereocenters. The predicted octanol–water partition coefficient (Wildman–Crippen LogP) is 6.41. The molecule has 2 amide bonds. The summed E-state index contributed by atoms with van der Waals surface area (Å²) in [5.41, 5.74) is 2.56. The Kier molecular flexibility index (Phi) is 12.2. The number of hydrogen-bond donors (Lipinski definition) is 1. The van der Waals surface area contributed by atoms with Crippen LogP contribution in [0.1, 0.15) is 36.5 Å². The van der Waals surface area contributed by atoms with Crippen molar-refractivity contribution in [3.05, 3.63) is 125 Å². The normalized spacial score (nSPS) is 11.8. The fraction of sp³-hybridized carbons (Fsp3) is 0.278. The molecule has 0 aliphatic rings. The van der Waals surface area contributed by atoms with E-state index in [0.29, 0.717) is 17.1 Å². The average molecular weight is 662 g/mol. The number of nitrogens with one attached hydrogen (secondary N) is 1. The number of sulfonamides is 1. The van der Waals surface area contributed by atoms with Gasteiger partial charge in [-0.25, -0.2) is 8.42 Å². The van der Waals surface area contributed by atoms with Gasteiger partial charge < -0.3 is 15.0 Å². The molecule has 10 heteroatoms. The first-order chi connectivity index (χ1) is 22.1. The molecule has 4 aromatic rings. The summed E-state index contributed by atoms with van der Waals surface area (Å²) in [6, 6.07) is 28.7. The van der Waals surface area contributed by atoms with Crippen molar-refractivity contribution in [2.45, 2.75) is 50.6 Å². The first kappa shape index (κ1) is 34.5. The summed E-state index contributed by atoms with van der Waals surface area (Å²) in [6.07, 6.45) is 1.89. The lowest BCUT2D eigenvalue weighted by Gasteiger charge is -2.34. The highest BCUT2D eigenvalue weighted by Crippen LogP contribution is 2.34. The molecule has 0 aliphatic heterocycles. The Morgan fingerprint density at radius 2 is 1.57 bits per heavy atom. The van der Waals surface area contributed by atoms with Crippen molar-refractivity contribution in [3.8, 4) is 5.75 Å². The third-order valence-corrected chi connectivity index (χ3v) is 9.56. The predicted molar refractivity (Wildman–Crippen MR) is 183 cm³/mol. The maximum Gasteiger partial charge on any atom is 0.264 e. The van der Waals surface area contributed by atoms with Gasteiger partial charge in [-0.3, -0.25) is 13.9 Å². The van der Waals surface area contributed by atoms with Crippen LogP contribution in [0.2, 0.25) is 5.02 Å². The molecule has 8 nitrogen and oxygen atoms in total. The number of benzene rings is 4. The van der Waals surface area contributed by atoms with E-state index < -0.39 is 28.5 Å². The number of aryl methyl sites for hydroxylation is 1. The van der Waals surface area contributed by atoms with E-state index in [2.05, 4.69) is 5.32 Å². The van der Waals surface area contributed by atoms with Crippen LogP contribution in [0.4, 0.5) is 5.69 Å². The van der Waals surface area contributed by atoms with Crippen LogP contribution in [0.25, 0.3) is 0 Å². The van der Waals surface area contributed by atoms with Gasteiger partial charge in [-0.1, -0.05) is 91.7 Å². The van der Waals surface area contributed by atoms with Crippen molar-refractivity contribution >= 4 is 39.1 Å². The van der Waals surface area contributed by atoms with Crippen molar-refractivity contribution < 1.29 is 22.7 Å². The van der Waals surface area contributed by atoms with Crippen molar-refractivity contribution in [2.24, 2.45) is 0 Å². The zero-order chi connectivity index (χ0) is 33.1. The zero-order valence-corrected chi connectivity index (χ0v) is 27.9. The summed E-state index contributed by atoms with van der Waals surface area (Å²) in [5, 5.41) is 3.47. The Labute approximate surface area is 277 Å². The number of methoxy groups -OCH3 is 1. The Morgan fingerprint density at radius 3 is 2.22 bits per heavy atom. The molecule has 0 spiro atoms. The van der Waals surface area contributed by atoms with Crippen LogP contribution in [-0.2, 0) is 32.6 Å². The topological polar surface area (TPSA) is 96.0 Å². The summed E-state index contributed by atoms with van der Waals surface area (Å²) >= 11 is 6.32. The van der Waals surface area contributed by atoms with E-state index in [0.717, 1.165) is 28.3 Å². The SMILES string of the molecule is CCCCNC(=O)[C@@H](Cc1ccccc1)N(Cc1cccc(Cl)c1)C(=O)CN(c1cc(C)ccc1OC)S(=O)(=O)c1ccccc1. The second kappa shape index (κ2) is 16.3. The van der Waals surface area contributed by atoms with Gasteiger partial charge in [0.2, 0.25) is 11.8 Å². The molecule has 1 N–H and O–H groups in total. The third-order valence-electron chi connectivity index (χ3n) is 7.56. The third kappa shape index (κ3) is 8.89. The van der Waals surface area contributed by atoms with E-state index in [1.54, 1.807) is 54.6 Å². The van der Waals surface area contributed by atoms with E-state index in [1.165, 1.54) is 24.1 Å². The fourth-order valence-corrected chi connectivity index (χ4v) is 6.77. The summed E-state index contributed by atoms with van der Waals surface area (Å²) in [4.78, 5) is 29.9. The molecule has 46 heavy (non-hydrogen) atoms. The lowest BCUT2D eigenvalue weighted by molar-refractivity contribution is -0.140. The number of amides is 2. The summed E-state index contributed by atoms with van der Waals surface area (Å²) in [6.45, 7) is 3.77. The van der Waals surface area contributed by atoms with E-state index >= 15 is 0 Å². The van der Waals surface area contributed by atoms with Crippen molar-refractivity contribution in [2.75, 3.05) is 24.5 Å². The second-order valence-electron chi connectivity index (χ2n) is 11.0. The minimum absolute atomic E-state index is 0.0193. The number of nitrogens with zero attached hydrogens (tertiary/aromatic N) is 2. The minimum atomic E-state index is -4.25. The zero-order valence-electron chi connectivity index (χ0n) is 26.4.